The van der Waals surface area contributed by atoms with Gasteiger partial charge in [-0.15, -0.1) is 0 Å². The first kappa shape index (κ1) is 12.8. The first-order chi connectivity index (χ1) is 9.65. The van der Waals surface area contributed by atoms with E-state index in [0.29, 0.717) is 12.1 Å². The van der Waals surface area contributed by atoms with Gasteiger partial charge < -0.3 is 10.4 Å². The SMILES string of the molecule is Cc1cccc(C(=O)NC2c3ccccc3CC2O)n1. The lowest BCUT2D eigenvalue weighted by molar-refractivity contribution is 0.0853. The van der Waals surface area contributed by atoms with Gasteiger partial charge in [0.1, 0.15) is 5.69 Å². The number of hydrogen-bond acceptors (Lipinski definition) is 3. The molecule has 0 spiro atoms. The van der Waals surface area contributed by atoms with Crippen molar-refractivity contribution in [2.24, 2.45) is 0 Å². The molecule has 4 nitrogen and oxygen atoms in total. The molecule has 1 heterocycles. The number of benzene rings is 1. The molecule has 1 aromatic carbocycles. The number of nitrogens with one attached hydrogen (secondary N) is 1. The second kappa shape index (κ2) is 5.06. The zero-order valence-electron chi connectivity index (χ0n) is 11.2. The summed E-state index contributed by atoms with van der Waals surface area (Å²) in [6.45, 7) is 1.84. The highest BCUT2D eigenvalue weighted by molar-refractivity contribution is 5.92. The smallest absolute Gasteiger partial charge is 0.270 e. The van der Waals surface area contributed by atoms with Gasteiger partial charge in [-0.1, -0.05) is 30.3 Å². The molecule has 102 valence electrons. The molecule has 20 heavy (non-hydrogen) atoms. The lowest BCUT2D eigenvalue weighted by atomic mass is 10.1. The molecule has 1 amide bonds. The molecule has 2 unspecified atom stereocenters. The maximum atomic E-state index is 12.2. The summed E-state index contributed by atoms with van der Waals surface area (Å²) >= 11 is 0. The van der Waals surface area contributed by atoms with Gasteiger partial charge in [-0.05, 0) is 30.2 Å². The van der Waals surface area contributed by atoms with E-state index in [1.165, 1.54) is 0 Å². The summed E-state index contributed by atoms with van der Waals surface area (Å²) in [7, 11) is 0. The average molecular weight is 268 g/mol. The predicted octanol–water partition coefficient (Wildman–Crippen LogP) is 1.78. The number of hydrogen-bond donors (Lipinski definition) is 2. The maximum Gasteiger partial charge on any atom is 0.270 e. The third-order valence-corrected chi connectivity index (χ3v) is 3.61. The number of fused-ring (bicyclic) bond motifs is 1. The number of nitrogens with zero attached hydrogens (tertiary/aromatic N) is 1. The quantitative estimate of drug-likeness (QED) is 0.872. The first-order valence-electron chi connectivity index (χ1n) is 6.65. The highest BCUT2D eigenvalue weighted by Gasteiger charge is 2.32. The van der Waals surface area contributed by atoms with Crippen LogP contribution in [0, 0.1) is 6.92 Å². The summed E-state index contributed by atoms with van der Waals surface area (Å²) < 4.78 is 0. The number of aryl methyl sites for hydroxylation is 1. The maximum absolute atomic E-state index is 12.2. The summed E-state index contributed by atoms with van der Waals surface area (Å²) in [5, 5.41) is 13.0. The highest BCUT2D eigenvalue weighted by atomic mass is 16.3. The molecular weight excluding hydrogens is 252 g/mol. The molecule has 0 radical (unpaired) electrons. The van der Waals surface area contributed by atoms with E-state index in [-0.39, 0.29) is 11.9 Å². The van der Waals surface area contributed by atoms with Crippen molar-refractivity contribution in [3.05, 3.63) is 65.0 Å². The summed E-state index contributed by atoms with van der Waals surface area (Å²) in [6.07, 6.45) is -0.0105. The van der Waals surface area contributed by atoms with Gasteiger partial charge in [0.15, 0.2) is 0 Å². The van der Waals surface area contributed by atoms with Crippen LogP contribution in [0.1, 0.15) is 33.4 Å². The standard InChI is InChI=1S/C16H16N2O2/c1-10-5-4-8-13(17-10)16(20)18-15-12-7-3-2-6-11(12)9-14(15)19/h2-8,14-15,19H,9H2,1H3,(H,18,20). The molecule has 0 bridgehead atoms. The van der Waals surface area contributed by atoms with Crippen molar-refractivity contribution >= 4 is 5.91 Å². The second-order valence-electron chi connectivity index (χ2n) is 5.09. The molecule has 0 aliphatic heterocycles. The molecular formula is C16H16N2O2. The topological polar surface area (TPSA) is 62.2 Å². The van der Waals surface area contributed by atoms with E-state index in [2.05, 4.69) is 10.3 Å². The van der Waals surface area contributed by atoms with E-state index in [9.17, 15) is 9.90 Å². The van der Waals surface area contributed by atoms with Crippen molar-refractivity contribution in [2.75, 3.05) is 0 Å². The summed E-state index contributed by atoms with van der Waals surface area (Å²) in [5.41, 5.74) is 3.25. The Bertz CT molecular complexity index is 654. The molecule has 1 aromatic heterocycles. The fourth-order valence-corrected chi connectivity index (χ4v) is 2.63. The monoisotopic (exact) mass is 268 g/mol. The van der Waals surface area contributed by atoms with Crippen LogP contribution in [0.4, 0.5) is 0 Å². The molecule has 2 atom stereocenters. The lowest BCUT2D eigenvalue weighted by Gasteiger charge is -2.17. The van der Waals surface area contributed by atoms with E-state index < -0.39 is 6.10 Å². The number of pyridine rings is 1. The second-order valence-corrected chi connectivity index (χ2v) is 5.09. The Morgan fingerprint density at radius 1 is 1.25 bits per heavy atom. The van der Waals surface area contributed by atoms with E-state index in [1.54, 1.807) is 12.1 Å². The van der Waals surface area contributed by atoms with Crippen LogP contribution in [-0.2, 0) is 6.42 Å². The normalized spacial score (nSPS) is 20.5. The Balaban J connectivity index is 1.83. The van der Waals surface area contributed by atoms with Gasteiger partial charge in [-0.3, -0.25) is 4.79 Å². The molecule has 0 saturated heterocycles. The van der Waals surface area contributed by atoms with Crippen LogP contribution in [0.2, 0.25) is 0 Å². The van der Waals surface area contributed by atoms with Crippen LogP contribution in [-0.4, -0.2) is 22.1 Å². The van der Waals surface area contributed by atoms with Crippen molar-refractivity contribution in [3.8, 4) is 0 Å². The summed E-state index contributed by atoms with van der Waals surface area (Å²) in [6, 6.07) is 12.7. The highest BCUT2D eigenvalue weighted by Crippen LogP contribution is 2.31. The van der Waals surface area contributed by atoms with Gasteiger partial charge in [-0.25, -0.2) is 4.98 Å². The number of carbonyl (C=O) groups is 1. The Hall–Kier alpha value is -2.20. The van der Waals surface area contributed by atoms with Crippen molar-refractivity contribution in [2.45, 2.75) is 25.5 Å². The van der Waals surface area contributed by atoms with Gasteiger partial charge >= 0.3 is 0 Å². The van der Waals surface area contributed by atoms with Gasteiger partial charge in [-0.2, -0.15) is 0 Å². The van der Waals surface area contributed by atoms with Crippen LogP contribution >= 0.6 is 0 Å². The molecule has 1 aliphatic carbocycles. The summed E-state index contributed by atoms with van der Waals surface area (Å²) in [5.74, 6) is -0.255. The van der Waals surface area contributed by atoms with Crippen molar-refractivity contribution < 1.29 is 9.90 Å². The van der Waals surface area contributed by atoms with E-state index in [1.807, 2.05) is 37.3 Å². The third kappa shape index (κ3) is 2.30. The molecule has 0 saturated carbocycles. The van der Waals surface area contributed by atoms with Crippen LogP contribution in [0.3, 0.4) is 0 Å². The molecule has 2 aromatic rings. The minimum absolute atomic E-state index is 0.255. The van der Waals surface area contributed by atoms with Gasteiger partial charge in [0.25, 0.3) is 5.91 Å². The molecule has 2 N–H and O–H groups in total. The van der Waals surface area contributed by atoms with Gasteiger partial charge in [0.05, 0.1) is 12.1 Å². The average Bonchev–Trinajstić information content (AvgIpc) is 2.75. The van der Waals surface area contributed by atoms with Crippen molar-refractivity contribution in [3.63, 3.8) is 0 Å². The zero-order chi connectivity index (χ0) is 14.1. The number of aliphatic hydroxyl groups excluding tert-OH is 1. The Kier molecular flexibility index (Phi) is 3.24. The third-order valence-electron chi connectivity index (χ3n) is 3.61. The van der Waals surface area contributed by atoms with Crippen LogP contribution < -0.4 is 5.32 Å². The molecule has 0 fully saturated rings. The fourth-order valence-electron chi connectivity index (χ4n) is 2.63. The summed E-state index contributed by atoms with van der Waals surface area (Å²) in [4.78, 5) is 16.4. The lowest BCUT2D eigenvalue weighted by Crippen LogP contribution is -2.34. The van der Waals surface area contributed by atoms with E-state index >= 15 is 0 Å². The predicted molar refractivity (Wildman–Crippen MR) is 75.3 cm³/mol. The minimum Gasteiger partial charge on any atom is -0.390 e. The number of carbonyl (C=O) groups excluding carboxylic acids is 1. The fraction of sp³-hybridized carbons (Fsp3) is 0.250. The minimum atomic E-state index is -0.582. The number of aliphatic hydroxyl groups is 1. The molecule has 3 rings (SSSR count). The Labute approximate surface area is 117 Å². The van der Waals surface area contributed by atoms with Gasteiger partial charge in [0, 0.05) is 12.1 Å². The molecule has 1 aliphatic rings. The number of aromatic nitrogens is 1. The van der Waals surface area contributed by atoms with E-state index in [4.69, 9.17) is 0 Å². The first-order valence-corrected chi connectivity index (χ1v) is 6.65. The van der Waals surface area contributed by atoms with Crippen molar-refractivity contribution in [1.29, 1.82) is 0 Å². The van der Waals surface area contributed by atoms with Crippen LogP contribution in [0.25, 0.3) is 0 Å². The van der Waals surface area contributed by atoms with Crippen LogP contribution in [0.5, 0.6) is 0 Å². The van der Waals surface area contributed by atoms with E-state index in [0.717, 1.165) is 16.8 Å². The number of rotatable bonds is 2. The Morgan fingerprint density at radius 3 is 2.85 bits per heavy atom. The number of amides is 1. The van der Waals surface area contributed by atoms with Crippen molar-refractivity contribution in [1.82, 2.24) is 10.3 Å². The molecule has 4 heteroatoms. The van der Waals surface area contributed by atoms with Gasteiger partial charge in [0.2, 0.25) is 0 Å². The zero-order valence-corrected chi connectivity index (χ0v) is 11.2. The van der Waals surface area contributed by atoms with Crippen LogP contribution in [0.15, 0.2) is 42.5 Å². The Morgan fingerprint density at radius 2 is 2.05 bits per heavy atom. The largest absolute Gasteiger partial charge is 0.390 e.